The van der Waals surface area contributed by atoms with Gasteiger partial charge >= 0.3 is 0 Å². The molecule has 1 amide bonds. The number of carbonyl (C=O) groups is 1. The molecule has 2 aromatic carbocycles. The van der Waals surface area contributed by atoms with E-state index in [4.69, 9.17) is 4.99 Å². The van der Waals surface area contributed by atoms with Crippen molar-refractivity contribution in [2.75, 3.05) is 44.2 Å². The average Bonchev–Trinajstić information content (AvgIpc) is 2.83. The van der Waals surface area contributed by atoms with Crippen LogP contribution in [0.25, 0.3) is 0 Å². The zero-order chi connectivity index (χ0) is 22.8. The van der Waals surface area contributed by atoms with Gasteiger partial charge in [0.15, 0.2) is 5.96 Å². The highest BCUT2D eigenvalue weighted by molar-refractivity contribution is 5.94. The summed E-state index contributed by atoms with van der Waals surface area (Å²) >= 11 is 0. The van der Waals surface area contributed by atoms with Gasteiger partial charge in [0.2, 0.25) is 0 Å². The van der Waals surface area contributed by atoms with E-state index in [1.807, 2.05) is 42.5 Å². The third-order valence-corrected chi connectivity index (χ3v) is 5.58. The number of amides is 1. The number of guanidine groups is 1. The number of aliphatic imine (C=N–C) groups is 1. The Kier molecular flexibility index (Phi) is 8.78. The third kappa shape index (κ3) is 6.39. The van der Waals surface area contributed by atoms with Crippen LogP contribution in [0.2, 0.25) is 0 Å². The first-order valence-corrected chi connectivity index (χ1v) is 11.6. The molecule has 0 spiro atoms. The van der Waals surface area contributed by atoms with Crippen molar-refractivity contribution in [1.29, 1.82) is 0 Å². The van der Waals surface area contributed by atoms with Crippen LogP contribution in [0.15, 0.2) is 53.5 Å². The Hall–Kier alpha value is -3.22. The highest BCUT2D eigenvalue weighted by atomic mass is 16.3. The monoisotopic (exact) mass is 437 g/mol. The third-order valence-electron chi connectivity index (χ3n) is 5.58. The highest BCUT2D eigenvalue weighted by Gasteiger charge is 2.21. The van der Waals surface area contributed by atoms with Crippen LogP contribution >= 0.6 is 0 Å². The van der Waals surface area contributed by atoms with Crippen molar-refractivity contribution in [3.8, 4) is 5.75 Å². The number of para-hydroxylation sites is 2. The van der Waals surface area contributed by atoms with E-state index >= 15 is 0 Å². The number of phenolic OH excluding ortho intramolecular Hbond substituents is 1. The summed E-state index contributed by atoms with van der Waals surface area (Å²) in [5.74, 6) is 1.19. The molecule has 0 unspecified atom stereocenters. The predicted octanol–water partition coefficient (Wildman–Crippen LogP) is 3.21. The van der Waals surface area contributed by atoms with Crippen LogP contribution in [0.3, 0.4) is 0 Å². The van der Waals surface area contributed by atoms with Gasteiger partial charge in [-0.2, -0.15) is 0 Å². The smallest absolute Gasteiger partial charge is 0.251 e. The summed E-state index contributed by atoms with van der Waals surface area (Å²) in [5, 5.41) is 16.5. The molecule has 7 nitrogen and oxygen atoms in total. The topological polar surface area (TPSA) is 80.2 Å². The fourth-order valence-electron chi connectivity index (χ4n) is 3.73. The lowest BCUT2D eigenvalue weighted by Crippen LogP contribution is -2.52. The molecule has 1 aliphatic rings. The molecule has 1 heterocycles. The first-order chi connectivity index (χ1) is 15.6. The van der Waals surface area contributed by atoms with Crippen LogP contribution in [0.4, 0.5) is 5.69 Å². The quantitative estimate of drug-likeness (QED) is 0.336. The number of hydrogen-bond donors (Lipinski definition) is 3. The van der Waals surface area contributed by atoms with Gasteiger partial charge in [-0.3, -0.25) is 4.79 Å². The molecule has 2 aromatic rings. The van der Waals surface area contributed by atoms with Crippen LogP contribution in [0.5, 0.6) is 5.75 Å². The Morgan fingerprint density at radius 2 is 1.72 bits per heavy atom. The van der Waals surface area contributed by atoms with E-state index in [2.05, 4.69) is 34.3 Å². The van der Waals surface area contributed by atoms with Crippen molar-refractivity contribution < 1.29 is 9.90 Å². The minimum Gasteiger partial charge on any atom is -0.506 e. The van der Waals surface area contributed by atoms with Crippen LogP contribution in [0, 0.1) is 0 Å². The molecule has 1 aliphatic heterocycles. The number of phenols is 1. The number of nitrogens with zero attached hydrogens (tertiary/aromatic N) is 3. The van der Waals surface area contributed by atoms with Crippen LogP contribution in [-0.4, -0.2) is 61.1 Å². The molecule has 0 aromatic heterocycles. The maximum absolute atomic E-state index is 12.2. The molecule has 0 aliphatic carbocycles. The summed E-state index contributed by atoms with van der Waals surface area (Å²) in [6.45, 7) is 9.55. The van der Waals surface area contributed by atoms with E-state index in [0.29, 0.717) is 24.4 Å². The number of rotatable bonds is 8. The number of anilines is 1. The molecule has 0 bridgehead atoms. The second-order valence-corrected chi connectivity index (χ2v) is 7.94. The van der Waals surface area contributed by atoms with Gasteiger partial charge in [-0.25, -0.2) is 4.99 Å². The number of piperazine rings is 1. The molecule has 32 heavy (non-hydrogen) atoms. The van der Waals surface area contributed by atoms with E-state index in [9.17, 15) is 9.90 Å². The SMILES string of the molecule is CCCCNC(=O)c1ccc(CN=C(NCC)N2CCN(c3ccccc3O)CC2)cc1. The Morgan fingerprint density at radius 3 is 2.38 bits per heavy atom. The van der Waals surface area contributed by atoms with Gasteiger partial charge in [-0.1, -0.05) is 37.6 Å². The summed E-state index contributed by atoms with van der Waals surface area (Å²) < 4.78 is 0. The van der Waals surface area contributed by atoms with E-state index in [1.165, 1.54) is 0 Å². The van der Waals surface area contributed by atoms with Crippen LogP contribution in [-0.2, 0) is 6.54 Å². The zero-order valence-electron chi connectivity index (χ0n) is 19.2. The van der Waals surface area contributed by atoms with Crippen molar-refractivity contribution >= 4 is 17.6 Å². The second-order valence-electron chi connectivity index (χ2n) is 7.94. The number of hydrogen-bond acceptors (Lipinski definition) is 4. The number of benzene rings is 2. The normalized spacial score (nSPS) is 14.4. The largest absolute Gasteiger partial charge is 0.506 e. The number of nitrogens with one attached hydrogen (secondary N) is 2. The molecule has 0 radical (unpaired) electrons. The Bertz CT molecular complexity index is 889. The molecular formula is C25H35N5O2. The van der Waals surface area contributed by atoms with Crippen molar-refractivity contribution in [1.82, 2.24) is 15.5 Å². The van der Waals surface area contributed by atoms with Gasteiger partial charge in [0.25, 0.3) is 5.91 Å². The summed E-state index contributed by atoms with van der Waals surface area (Å²) in [4.78, 5) is 21.5. The van der Waals surface area contributed by atoms with E-state index in [0.717, 1.165) is 62.8 Å². The maximum atomic E-state index is 12.2. The lowest BCUT2D eigenvalue weighted by Gasteiger charge is -2.37. The molecule has 0 atom stereocenters. The molecule has 0 saturated carbocycles. The molecule has 1 saturated heterocycles. The van der Waals surface area contributed by atoms with Gasteiger partial charge in [0.05, 0.1) is 12.2 Å². The fraction of sp³-hybridized carbons (Fsp3) is 0.440. The Balaban J connectivity index is 1.57. The number of aromatic hydroxyl groups is 1. The Labute approximate surface area is 191 Å². The first kappa shape index (κ1) is 23.4. The van der Waals surface area contributed by atoms with Gasteiger partial charge in [0.1, 0.15) is 5.75 Å². The van der Waals surface area contributed by atoms with Crippen LogP contribution < -0.4 is 15.5 Å². The van der Waals surface area contributed by atoms with Gasteiger partial charge in [-0.15, -0.1) is 0 Å². The first-order valence-electron chi connectivity index (χ1n) is 11.6. The van der Waals surface area contributed by atoms with Crippen molar-refractivity contribution in [3.05, 3.63) is 59.7 Å². The molecule has 3 rings (SSSR count). The van der Waals surface area contributed by atoms with E-state index in [1.54, 1.807) is 6.07 Å². The van der Waals surface area contributed by atoms with Crippen LogP contribution in [0.1, 0.15) is 42.6 Å². The number of carbonyl (C=O) groups excluding carboxylic acids is 1. The lowest BCUT2D eigenvalue weighted by molar-refractivity contribution is 0.0953. The Morgan fingerprint density at radius 1 is 1.00 bits per heavy atom. The summed E-state index contributed by atoms with van der Waals surface area (Å²) in [6.07, 6.45) is 2.06. The summed E-state index contributed by atoms with van der Waals surface area (Å²) in [6, 6.07) is 15.2. The van der Waals surface area contributed by atoms with Gasteiger partial charge in [-0.05, 0) is 43.2 Å². The van der Waals surface area contributed by atoms with E-state index < -0.39 is 0 Å². The fourth-order valence-corrected chi connectivity index (χ4v) is 3.73. The minimum atomic E-state index is -0.0239. The second kappa shape index (κ2) is 12.0. The molecule has 172 valence electrons. The van der Waals surface area contributed by atoms with Crippen molar-refractivity contribution in [2.45, 2.75) is 33.2 Å². The molecule has 1 fully saturated rings. The highest BCUT2D eigenvalue weighted by Crippen LogP contribution is 2.27. The van der Waals surface area contributed by atoms with Crippen molar-refractivity contribution in [2.24, 2.45) is 4.99 Å². The van der Waals surface area contributed by atoms with Crippen molar-refractivity contribution in [3.63, 3.8) is 0 Å². The molecule has 7 heteroatoms. The molecular weight excluding hydrogens is 402 g/mol. The van der Waals surface area contributed by atoms with Gasteiger partial charge in [0, 0.05) is 44.8 Å². The maximum Gasteiger partial charge on any atom is 0.251 e. The average molecular weight is 438 g/mol. The van der Waals surface area contributed by atoms with Gasteiger partial charge < -0.3 is 25.5 Å². The predicted molar refractivity (Wildman–Crippen MR) is 130 cm³/mol. The minimum absolute atomic E-state index is 0.0239. The molecule has 3 N–H and O–H groups in total. The van der Waals surface area contributed by atoms with E-state index in [-0.39, 0.29) is 5.91 Å². The lowest BCUT2D eigenvalue weighted by atomic mass is 10.1. The standard InChI is InChI=1S/C25H35N5O2/c1-3-5-14-27-24(32)21-12-10-20(11-13-21)19-28-25(26-4-2)30-17-15-29(16-18-30)22-8-6-7-9-23(22)31/h6-13,31H,3-5,14-19H2,1-2H3,(H,26,28)(H,27,32). The summed E-state index contributed by atoms with van der Waals surface area (Å²) in [7, 11) is 0. The summed E-state index contributed by atoms with van der Waals surface area (Å²) in [5.41, 5.74) is 2.63. The number of unbranched alkanes of at least 4 members (excludes halogenated alkanes) is 1. The zero-order valence-corrected chi connectivity index (χ0v) is 19.2.